The fraction of sp³-hybridized carbons (Fsp3) is 0.312. The van der Waals surface area contributed by atoms with E-state index >= 15 is 0 Å². The second-order valence-electron chi connectivity index (χ2n) is 11.1. The summed E-state index contributed by atoms with van der Waals surface area (Å²) in [4.78, 5) is 9.35. The van der Waals surface area contributed by atoms with E-state index in [9.17, 15) is 0 Å². The number of benzene rings is 2. The van der Waals surface area contributed by atoms with E-state index < -0.39 is 0 Å². The molecule has 0 radical (unpaired) electrons. The summed E-state index contributed by atoms with van der Waals surface area (Å²) < 4.78 is 2.25. The number of piperidine rings is 1. The maximum absolute atomic E-state index is 7.00. The van der Waals surface area contributed by atoms with E-state index in [-0.39, 0.29) is 12.1 Å². The molecule has 2 aromatic heterocycles. The lowest BCUT2D eigenvalue weighted by Crippen LogP contribution is -2.38. The molecule has 4 heterocycles. The quantitative estimate of drug-likeness (QED) is 0.258. The summed E-state index contributed by atoms with van der Waals surface area (Å²) in [6.45, 7) is 8.82. The molecule has 2 aliphatic heterocycles. The normalized spacial score (nSPS) is 23.2. The number of nitrogens with one attached hydrogen (secondary N) is 1. The average molecular weight is 556 g/mol. The molecule has 0 bridgehead atoms. The topological polar surface area (TPSA) is 36.3 Å². The van der Waals surface area contributed by atoms with E-state index in [4.69, 9.17) is 28.8 Å². The zero-order valence-electron chi connectivity index (χ0n) is 22.6. The summed E-state index contributed by atoms with van der Waals surface area (Å²) >= 11 is 13.0. The number of aromatic nitrogens is 2. The van der Waals surface area contributed by atoms with Crippen molar-refractivity contribution < 1.29 is 0 Å². The van der Waals surface area contributed by atoms with Crippen LogP contribution in [0.4, 0.5) is 11.4 Å². The van der Waals surface area contributed by atoms with Crippen molar-refractivity contribution in [1.29, 1.82) is 0 Å². The first-order chi connectivity index (χ1) is 18.9. The molecular formula is C32H34ClN5S. The van der Waals surface area contributed by atoms with Crippen molar-refractivity contribution in [3.63, 3.8) is 0 Å². The van der Waals surface area contributed by atoms with Crippen LogP contribution in [0.15, 0.2) is 85.2 Å². The van der Waals surface area contributed by atoms with Crippen molar-refractivity contribution >= 4 is 40.3 Å². The molecule has 0 saturated carbocycles. The summed E-state index contributed by atoms with van der Waals surface area (Å²) in [6.07, 6.45) is 5.21. The standard InChI is InChI=1S/C32H34ClN5S/c1-21-9-11-24(12-10-21)37-16-6-8-29(37)31-30(27-7-4-5-15-34-27)35-32(39)38(31)25-13-14-28(26(33)18-25)36-19-22(2)17-23(3)20-36/h4-16,18,22-23,30-31H,17,19-20H2,1-3H3,(H,35,39). The Hall–Kier alpha value is -3.35. The summed E-state index contributed by atoms with van der Waals surface area (Å²) in [7, 11) is 0. The van der Waals surface area contributed by atoms with Crippen LogP contribution >= 0.6 is 23.8 Å². The lowest BCUT2D eigenvalue weighted by atomic mass is 9.91. The van der Waals surface area contributed by atoms with Crippen LogP contribution in [-0.4, -0.2) is 27.8 Å². The van der Waals surface area contributed by atoms with Gasteiger partial charge in [-0.25, -0.2) is 0 Å². The fourth-order valence-corrected chi connectivity index (χ4v) is 6.91. The summed E-state index contributed by atoms with van der Waals surface area (Å²) in [5.74, 6) is 1.30. The van der Waals surface area contributed by atoms with Gasteiger partial charge in [-0.1, -0.05) is 49.2 Å². The van der Waals surface area contributed by atoms with E-state index in [2.05, 4.69) is 107 Å². The second kappa shape index (κ2) is 10.7. The third kappa shape index (κ3) is 5.04. The minimum absolute atomic E-state index is 0.124. The number of rotatable bonds is 5. The number of aryl methyl sites for hydroxylation is 1. The van der Waals surface area contributed by atoms with Crippen LogP contribution in [0.1, 0.15) is 49.3 Å². The molecule has 2 aromatic carbocycles. The summed E-state index contributed by atoms with van der Waals surface area (Å²) in [6, 6.07) is 25.1. The Morgan fingerprint density at radius 2 is 1.67 bits per heavy atom. The zero-order chi connectivity index (χ0) is 27.1. The van der Waals surface area contributed by atoms with Gasteiger partial charge in [-0.3, -0.25) is 4.98 Å². The average Bonchev–Trinajstić information content (AvgIpc) is 3.53. The first kappa shape index (κ1) is 25.9. The molecule has 1 N–H and O–H groups in total. The predicted octanol–water partition coefficient (Wildman–Crippen LogP) is 7.49. The number of halogens is 1. The van der Waals surface area contributed by atoms with Gasteiger partial charge in [-0.2, -0.15) is 0 Å². The highest BCUT2D eigenvalue weighted by atomic mass is 35.5. The van der Waals surface area contributed by atoms with Crippen LogP contribution in [0.3, 0.4) is 0 Å². The Morgan fingerprint density at radius 1 is 0.923 bits per heavy atom. The number of nitrogens with zero attached hydrogens (tertiary/aromatic N) is 4. The smallest absolute Gasteiger partial charge is 0.174 e. The Balaban J connectivity index is 1.42. The molecule has 2 saturated heterocycles. The monoisotopic (exact) mass is 555 g/mol. The fourth-order valence-electron chi connectivity index (χ4n) is 6.27. The molecule has 7 heteroatoms. The maximum atomic E-state index is 7.00. The minimum atomic E-state index is -0.125. The number of thiocarbonyl (C=S) groups is 1. The molecule has 0 amide bonds. The SMILES string of the molecule is Cc1ccc(-n2cccc2C2C(c3ccccn3)NC(=S)N2c2ccc(N3CC(C)CC(C)C3)c(Cl)c2)cc1. The number of hydrogen-bond donors (Lipinski definition) is 1. The van der Waals surface area contributed by atoms with Gasteiger partial charge in [0.25, 0.3) is 0 Å². The number of pyridine rings is 1. The molecule has 6 rings (SSSR count). The largest absolute Gasteiger partial charge is 0.370 e. The van der Waals surface area contributed by atoms with Crippen LogP contribution < -0.4 is 15.1 Å². The van der Waals surface area contributed by atoms with E-state index in [1.165, 1.54) is 12.0 Å². The summed E-state index contributed by atoms with van der Waals surface area (Å²) in [5, 5.41) is 5.00. The molecule has 4 atom stereocenters. The summed E-state index contributed by atoms with van der Waals surface area (Å²) in [5.41, 5.74) is 6.48. The highest BCUT2D eigenvalue weighted by molar-refractivity contribution is 7.80. The van der Waals surface area contributed by atoms with Gasteiger partial charge in [0.15, 0.2) is 5.11 Å². The molecule has 2 fully saturated rings. The van der Waals surface area contributed by atoms with Crippen LogP contribution in [0.5, 0.6) is 0 Å². The molecule has 5 nitrogen and oxygen atoms in total. The Bertz CT molecular complexity index is 1460. The zero-order valence-corrected chi connectivity index (χ0v) is 24.2. The number of anilines is 2. The van der Waals surface area contributed by atoms with Crippen LogP contribution in [-0.2, 0) is 0 Å². The molecule has 4 aromatic rings. The van der Waals surface area contributed by atoms with Crippen molar-refractivity contribution in [2.45, 2.75) is 39.3 Å². The first-order valence-corrected chi connectivity index (χ1v) is 14.5. The molecule has 39 heavy (non-hydrogen) atoms. The highest BCUT2D eigenvalue weighted by Crippen LogP contribution is 2.44. The first-order valence-electron chi connectivity index (χ1n) is 13.7. The van der Waals surface area contributed by atoms with Crippen molar-refractivity contribution in [3.8, 4) is 5.69 Å². The van der Waals surface area contributed by atoms with E-state index in [1.54, 1.807) is 0 Å². The molecule has 200 valence electrons. The lowest BCUT2D eigenvalue weighted by Gasteiger charge is -2.37. The Labute approximate surface area is 241 Å². The number of hydrogen-bond acceptors (Lipinski definition) is 3. The molecule has 2 aliphatic rings. The maximum Gasteiger partial charge on any atom is 0.174 e. The van der Waals surface area contributed by atoms with Gasteiger partial charge in [0.2, 0.25) is 0 Å². The molecule has 0 spiro atoms. The van der Waals surface area contributed by atoms with Gasteiger partial charge in [-0.05, 0) is 92.0 Å². The van der Waals surface area contributed by atoms with Crippen LogP contribution in [0.2, 0.25) is 5.02 Å². The van der Waals surface area contributed by atoms with Gasteiger partial charge in [0.05, 0.1) is 22.4 Å². The molecule has 0 aliphatic carbocycles. The van der Waals surface area contributed by atoms with Crippen molar-refractivity contribution in [2.75, 3.05) is 22.9 Å². The van der Waals surface area contributed by atoms with E-state index in [0.29, 0.717) is 16.9 Å². The Kier molecular flexibility index (Phi) is 7.08. The van der Waals surface area contributed by atoms with Gasteiger partial charge in [0, 0.05) is 42.6 Å². The third-order valence-electron chi connectivity index (χ3n) is 7.91. The Morgan fingerprint density at radius 3 is 2.36 bits per heavy atom. The van der Waals surface area contributed by atoms with Crippen molar-refractivity contribution in [2.24, 2.45) is 11.8 Å². The van der Waals surface area contributed by atoms with Gasteiger partial charge >= 0.3 is 0 Å². The highest BCUT2D eigenvalue weighted by Gasteiger charge is 2.42. The van der Waals surface area contributed by atoms with Gasteiger partial charge in [-0.15, -0.1) is 0 Å². The van der Waals surface area contributed by atoms with Gasteiger partial charge < -0.3 is 19.7 Å². The van der Waals surface area contributed by atoms with Gasteiger partial charge in [0.1, 0.15) is 6.04 Å². The lowest BCUT2D eigenvalue weighted by molar-refractivity contribution is 0.357. The predicted molar refractivity (Wildman–Crippen MR) is 165 cm³/mol. The van der Waals surface area contributed by atoms with Crippen LogP contribution in [0.25, 0.3) is 5.69 Å². The molecule has 4 unspecified atom stereocenters. The third-order valence-corrected chi connectivity index (χ3v) is 8.53. The van der Waals surface area contributed by atoms with E-state index in [1.807, 2.05) is 18.3 Å². The van der Waals surface area contributed by atoms with Crippen molar-refractivity contribution in [1.82, 2.24) is 14.9 Å². The van der Waals surface area contributed by atoms with E-state index in [0.717, 1.165) is 46.6 Å². The second-order valence-corrected chi connectivity index (χ2v) is 11.9. The minimum Gasteiger partial charge on any atom is -0.370 e. The molecular weight excluding hydrogens is 522 g/mol. The van der Waals surface area contributed by atoms with Crippen LogP contribution in [0, 0.1) is 18.8 Å². The van der Waals surface area contributed by atoms with Crippen molar-refractivity contribution in [3.05, 3.63) is 107 Å².